The molecule has 1 aliphatic heterocycles. The van der Waals surface area contributed by atoms with Gasteiger partial charge in [-0.2, -0.15) is 0 Å². The van der Waals surface area contributed by atoms with Crippen LogP contribution in [0.15, 0.2) is 60.7 Å². The lowest BCUT2D eigenvalue weighted by Gasteiger charge is -2.21. The second kappa shape index (κ2) is 7.44. The lowest BCUT2D eigenvalue weighted by atomic mass is 10.2. The van der Waals surface area contributed by atoms with Gasteiger partial charge >= 0.3 is 6.29 Å². The van der Waals surface area contributed by atoms with Crippen LogP contribution >= 0.6 is 7.14 Å². The van der Waals surface area contributed by atoms with Gasteiger partial charge in [-0.1, -0.05) is 59.7 Å². The Balaban J connectivity index is 1.96. The molecule has 0 amide bonds. The van der Waals surface area contributed by atoms with Gasteiger partial charge in [-0.15, -0.1) is 8.78 Å². The van der Waals surface area contributed by atoms with Crippen molar-refractivity contribution in [1.29, 1.82) is 0 Å². The van der Waals surface area contributed by atoms with Gasteiger partial charge in [0.15, 0.2) is 18.6 Å². The molecule has 3 aromatic rings. The molecular formula is C23H21F2O4P. The number of halogens is 2. The van der Waals surface area contributed by atoms with Crippen LogP contribution in [0, 0.1) is 13.8 Å². The van der Waals surface area contributed by atoms with Gasteiger partial charge in [0, 0.05) is 15.9 Å². The Hall–Kier alpha value is -2.85. The first-order valence-corrected chi connectivity index (χ1v) is 11.3. The molecule has 0 saturated heterocycles. The zero-order chi connectivity index (χ0) is 21.5. The fourth-order valence-corrected chi connectivity index (χ4v) is 6.04. The topological polar surface area (TPSA) is 44.8 Å². The second-order valence-corrected chi connectivity index (χ2v) is 9.92. The molecule has 7 heteroatoms. The van der Waals surface area contributed by atoms with Crippen molar-refractivity contribution in [3.05, 3.63) is 71.8 Å². The minimum atomic E-state index is -3.80. The summed E-state index contributed by atoms with van der Waals surface area (Å²) in [4.78, 5) is 0. The van der Waals surface area contributed by atoms with Gasteiger partial charge in [0.1, 0.15) is 0 Å². The number of aryl methyl sites for hydroxylation is 2. The Bertz CT molecular complexity index is 1080. The summed E-state index contributed by atoms with van der Waals surface area (Å²) in [7, 11) is -3.40. The van der Waals surface area contributed by atoms with E-state index in [9.17, 15) is 13.3 Å². The molecule has 156 valence electrons. The molecule has 0 unspecified atom stereocenters. The highest BCUT2D eigenvalue weighted by molar-refractivity contribution is 7.85. The first kappa shape index (κ1) is 20.4. The summed E-state index contributed by atoms with van der Waals surface area (Å²) in [6.07, 6.45) is -3.80. The number of alkyl halides is 2. The van der Waals surface area contributed by atoms with Crippen molar-refractivity contribution in [2.24, 2.45) is 0 Å². The van der Waals surface area contributed by atoms with Crippen LogP contribution in [0.4, 0.5) is 8.78 Å². The summed E-state index contributed by atoms with van der Waals surface area (Å²) in [6.45, 7) is 5.84. The van der Waals surface area contributed by atoms with Crippen molar-refractivity contribution in [3.8, 4) is 17.2 Å². The minimum Gasteiger partial charge on any atom is -0.490 e. The van der Waals surface area contributed by atoms with E-state index in [1.54, 1.807) is 31.2 Å². The number of rotatable bonds is 5. The fraction of sp³-hybridized carbons (Fsp3) is 0.217. The molecule has 0 aliphatic carbocycles. The molecule has 0 saturated carbocycles. The Morgan fingerprint density at radius 2 is 1.40 bits per heavy atom. The second-order valence-electron chi connectivity index (χ2n) is 7.15. The molecule has 0 fully saturated rings. The Morgan fingerprint density at radius 3 is 1.90 bits per heavy atom. The molecule has 4 nitrogen and oxygen atoms in total. The molecule has 30 heavy (non-hydrogen) atoms. The summed E-state index contributed by atoms with van der Waals surface area (Å²) in [5.41, 5.74) is 2.05. The maximum atomic E-state index is 14.6. The van der Waals surface area contributed by atoms with E-state index < -0.39 is 13.4 Å². The lowest BCUT2D eigenvalue weighted by Crippen LogP contribution is -2.26. The van der Waals surface area contributed by atoms with E-state index in [4.69, 9.17) is 4.74 Å². The van der Waals surface area contributed by atoms with Gasteiger partial charge in [-0.05, 0) is 32.9 Å². The zero-order valence-electron chi connectivity index (χ0n) is 16.8. The number of ether oxygens (including phenoxy) is 3. The summed E-state index contributed by atoms with van der Waals surface area (Å²) < 4.78 is 56.9. The average molecular weight is 430 g/mol. The molecule has 0 spiro atoms. The molecular weight excluding hydrogens is 409 g/mol. The Labute approximate surface area is 173 Å². The maximum Gasteiger partial charge on any atom is 0.586 e. The van der Waals surface area contributed by atoms with Crippen LogP contribution in [0.2, 0.25) is 0 Å². The largest absolute Gasteiger partial charge is 0.586 e. The monoisotopic (exact) mass is 430 g/mol. The van der Waals surface area contributed by atoms with Gasteiger partial charge in [-0.25, -0.2) is 0 Å². The molecule has 3 aromatic carbocycles. The molecule has 0 radical (unpaired) electrons. The van der Waals surface area contributed by atoms with Gasteiger partial charge in [-0.3, -0.25) is 0 Å². The first-order chi connectivity index (χ1) is 14.2. The molecule has 0 bridgehead atoms. The molecule has 0 atom stereocenters. The van der Waals surface area contributed by atoms with Crippen LogP contribution in [0.3, 0.4) is 0 Å². The van der Waals surface area contributed by atoms with E-state index in [-0.39, 0.29) is 23.9 Å². The van der Waals surface area contributed by atoms with Crippen molar-refractivity contribution in [1.82, 2.24) is 0 Å². The van der Waals surface area contributed by atoms with Crippen LogP contribution in [-0.2, 0) is 4.57 Å². The van der Waals surface area contributed by atoms with Crippen molar-refractivity contribution < 1.29 is 27.6 Å². The SMILES string of the molecule is CCOc1cc(P(=O)(c2ccc(C)cc2)c2ccc(C)cc2)cc2c1OC(F)(F)O2. The summed E-state index contributed by atoms with van der Waals surface area (Å²) in [5, 5.41) is 1.51. The average Bonchev–Trinajstić information content (AvgIpc) is 3.03. The minimum absolute atomic E-state index is 0.0709. The summed E-state index contributed by atoms with van der Waals surface area (Å²) >= 11 is 0. The third-order valence-electron chi connectivity index (χ3n) is 4.91. The van der Waals surface area contributed by atoms with Gasteiger partial charge in [0.05, 0.1) is 6.61 Å². The van der Waals surface area contributed by atoms with Crippen molar-refractivity contribution in [2.45, 2.75) is 27.1 Å². The summed E-state index contributed by atoms with van der Waals surface area (Å²) in [6, 6.07) is 17.6. The Kier molecular flexibility index (Phi) is 5.07. The Morgan fingerprint density at radius 1 is 0.867 bits per heavy atom. The highest BCUT2D eigenvalue weighted by Crippen LogP contribution is 2.51. The van der Waals surface area contributed by atoms with Crippen LogP contribution in [0.1, 0.15) is 18.1 Å². The normalized spacial score (nSPS) is 14.6. The predicted octanol–water partition coefficient (Wildman–Crippen LogP) is 4.66. The molecule has 0 N–H and O–H groups in total. The van der Waals surface area contributed by atoms with E-state index in [1.807, 2.05) is 38.1 Å². The maximum absolute atomic E-state index is 14.6. The zero-order valence-corrected chi connectivity index (χ0v) is 17.7. The van der Waals surface area contributed by atoms with Crippen LogP contribution in [0.25, 0.3) is 0 Å². The van der Waals surface area contributed by atoms with Crippen molar-refractivity contribution >= 4 is 23.1 Å². The van der Waals surface area contributed by atoms with Gasteiger partial charge < -0.3 is 18.8 Å². The smallest absolute Gasteiger partial charge is 0.490 e. The molecule has 4 rings (SSSR count). The van der Waals surface area contributed by atoms with Crippen molar-refractivity contribution in [2.75, 3.05) is 6.61 Å². The lowest BCUT2D eigenvalue weighted by molar-refractivity contribution is -0.287. The van der Waals surface area contributed by atoms with E-state index in [0.29, 0.717) is 15.9 Å². The third-order valence-corrected chi connectivity index (χ3v) is 7.95. The molecule has 1 heterocycles. The number of fused-ring (bicyclic) bond motifs is 1. The van der Waals surface area contributed by atoms with Crippen LogP contribution in [0.5, 0.6) is 17.2 Å². The van der Waals surface area contributed by atoms with E-state index >= 15 is 0 Å². The van der Waals surface area contributed by atoms with Crippen molar-refractivity contribution in [3.63, 3.8) is 0 Å². The molecule has 0 aromatic heterocycles. The van der Waals surface area contributed by atoms with Crippen LogP contribution in [-0.4, -0.2) is 12.9 Å². The number of hydrogen-bond acceptors (Lipinski definition) is 4. The predicted molar refractivity (Wildman–Crippen MR) is 113 cm³/mol. The standard InChI is InChI=1S/C23H21F2O4P/c1-4-27-20-13-19(14-21-22(20)29-23(24,25)28-21)30(26,17-9-5-15(2)6-10-17)18-11-7-16(3)8-12-18/h5-14H,4H2,1-3H3. The van der Waals surface area contributed by atoms with E-state index in [1.165, 1.54) is 12.1 Å². The molecule has 1 aliphatic rings. The third kappa shape index (κ3) is 3.56. The van der Waals surface area contributed by atoms with Crippen LogP contribution < -0.4 is 30.1 Å². The number of hydrogen-bond donors (Lipinski definition) is 0. The van der Waals surface area contributed by atoms with E-state index in [2.05, 4.69) is 9.47 Å². The number of benzene rings is 3. The van der Waals surface area contributed by atoms with Gasteiger partial charge in [0.25, 0.3) is 0 Å². The van der Waals surface area contributed by atoms with Gasteiger partial charge in [0.2, 0.25) is 5.75 Å². The summed E-state index contributed by atoms with van der Waals surface area (Å²) in [5.74, 6) is -0.313. The highest BCUT2D eigenvalue weighted by atomic mass is 31.2. The highest BCUT2D eigenvalue weighted by Gasteiger charge is 2.46. The van der Waals surface area contributed by atoms with E-state index in [0.717, 1.165) is 11.1 Å². The quantitative estimate of drug-likeness (QED) is 0.553. The first-order valence-electron chi connectivity index (χ1n) is 9.55. The fourth-order valence-electron chi connectivity index (χ4n) is 3.41.